The van der Waals surface area contributed by atoms with Crippen LogP contribution >= 0.6 is 0 Å². The number of nitrogens with zero attached hydrogens (tertiary/aromatic N) is 4. The summed E-state index contributed by atoms with van der Waals surface area (Å²) in [6, 6.07) is 10.9. The minimum Gasteiger partial charge on any atom is -0.508 e. The van der Waals surface area contributed by atoms with Gasteiger partial charge in [0, 0.05) is 18.0 Å². The first-order chi connectivity index (χ1) is 22.7. The number of unbranched alkanes of at least 4 members (excludes halogenated alkanes) is 1. The number of carboxylic acids is 1. The number of amides is 1. The highest BCUT2D eigenvalue weighted by molar-refractivity contribution is 5.82. The van der Waals surface area contributed by atoms with Crippen molar-refractivity contribution in [1.82, 2.24) is 19.7 Å². The molecule has 1 amide bonds. The third-order valence-corrected chi connectivity index (χ3v) is 9.55. The van der Waals surface area contributed by atoms with Crippen molar-refractivity contribution in [2.24, 2.45) is 11.8 Å². The number of hydrogen-bond donors (Lipinski definition) is 3. The third kappa shape index (κ3) is 8.94. The largest absolute Gasteiger partial charge is 0.508 e. The van der Waals surface area contributed by atoms with Crippen LogP contribution in [0.4, 0.5) is 4.39 Å². The van der Waals surface area contributed by atoms with Crippen LogP contribution in [0.5, 0.6) is 5.75 Å². The van der Waals surface area contributed by atoms with E-state index < -0.39 is 18.0 Å². The minimum absolute atomic E-state index is 0.00627. The number of carboxylic acid groups (broad SMARTS) is 1. The number of phenols is 1. The van der Waals surface area contributed by atoms with Crippen molar-refractivity contribution in [2.45, 2.75) is 95.9 Å². The molecule has 0 saturated carbocycles. The highest BCUT2D eigenvalue weighted by atomic mass is 19.1. The number of rotatable bonds is 16. The molecule has 5 rings (SSSR count). The molecule has 0 spiro atoms. The van der Waals surface area contributed by atoms with Gasteiger partial charge < -0.3 is 20.2 Å². The maximum atomic E-state index is 14.0. The standard InChI is InChI=1S/C37H45FN4O5/c1-25(37(46)47)5-4-7-27-10-18-32(35(44)21-27)33-22-29(13-19-34(43)28-11-14-30(38)15-12-28)36(45)42(33)31-16-8-26(9-17-31)6-2-3-20-41-24-39-23-40-41/h8-12,14-16,18,21,23-25,29,31,33-34,43-44H,2-7,13,17,19-20,22H2,1H3,(H,46,47). The van der Waals surface area contributed by atoms with Gasteiger partial charge in [-0.3, -0.25) is 14.3 Å². The summed E-state index contributed by atoms with van der Waals surface area (Å²) in [4.78, 5) is 31.1. The van der Waals surface area contributed by atoms with E-state index in [1.807, 2.05) is 21.7 Å². The lowest BCUT2D eigenvalue weighted by atomic mass is 9.92. The van der Waals surface area contributed by atoms with E-state index in [1.165, 1.54) is 24.0 Å². The van der Waals surface area contributed by atoms with Crippen LogP contribution in [-0.2, 0) is 22.6 Å². The molecule has 3 aromatic rings. The fourth-order valence-electron chi connectivity index (χ4n) is 6.73. The van der Waals surface area contributed by atoms with E-state index in [9.17, 15) is 29.3 Å². The summed E-state index contributed by atoms with van der Waals surface area (Å²) < 4.78 is 15.2. The first kappa shape index (κ1) is 34.0. The maximum Gasteiger partial charge on any atom is 0.306 e. The van der Waals surface area contributed by atoms with E-state index in [1.54, 1.807) is 31.5 Å². The Hall–Kier alpha value is -4.31. The Labute approximate surface area is 275 Å². The zero-order valence-corrected chi connectivity index (χ0v) is 26.9. The van der Waals surface area contributed by atoms with Gasteiger partial charge in [-0.2, -0.15) is 5.10 Å². The van der Waals surface area contributed by atoms with Crippen LogP contribution in [0, 0.1) is 17.7 Å². The molecule has 3 N–H and O–H groups in total. The number of benzene rings is 2. The Morgan fingerprint density at radius 2 is 1.89 bits per heavy atom. The lowest BCUT2D eigenvalue weighted by Crippen LogP contribution is -2.38. The average molecular weight is 645 g/mol. The van der Waals surface area contributed by atoms with Crippen molar-refractivity contribution in [2.75, 3.05) is 0 Å². The molecule has 9 nitrogen and oxygen atoms in total. The van der Waals surface area contributed by atoms with E-state index in [0.29, 0.717) is 56.1 Å². The second kappa shape index (κ2) is 16.0. The second-order valence-electron chi connectivity index (χ2n) is 12.9. The molecule has 2 heterocycles. The van der Waals surface area contributed by atoms with Gasteiger partial charge >= 0.3 is 5.97 Å². The average Bonchev–Trinajstić information content (AvgIpc) is 3.70. The van der Waals surface area contributed by atoms with Gasteiger partial charge in [0.05, 0.1) is 24.1 Å². The number of likely N-dealkylation sites (tertiary alicyclic amines) is 1. The molecule has 5 atom stereocenters. The SMILES string of the molecule is CC(CCCc1ccc(C2CC(CCC(O)c3ccc(F)cc3)C(=O)N2C2C=CC(CCCCn3cncn3)=CC2)c(O)c1)C(=O)O. The quantitative estimate of drug-likeness (QED) is 0.148. The van der Waals surface area contributed by atoms with Gasteiger partial charge in [0.1, 0.15) is 24.2 Å². The van der Waals surface area contributed by atoms with Gasteiger partial charge in [0.2, 0.25) is 5.91 Å². The normalized spacial score (nSPS) is 20.7. The molecule has 1 fully saturated rings. The number of aliphatic hydroxyl groups is 1. The van der Waals surface area contributed by atoms with Crippen LogP contribution < -0.4 is 0 Å². The number of aromatic nitrogens is 3. The molecule has 1 aromatic heterocycles. The molecule has 1 aliphatic carbocycles. The molecular weight excluding hydrogens is 599 g/mol. The zero-order chi connectivity index (χ0) is 33.3. The first-order valence-electron chi connectivity index (χ1n) is 16.7. The number of phenolic OH excluding ortho intramolecular Hbond substituents is 1. The van der Waals surface area contributed by atoms with Gasteiger partial charge in [0.25, 0.3) is 0 Å². The van der Waals surface area contributed by atoms with Crippen molar-refractivity contribution in [1.29, 1.82) is 0 Å². The van der Waals surface area contributed by atoms with E-state index in [0.717, 1.165) is 31.4 Å². The molecule has 0 radical (unpaired) electrons. The minimum atomic E-state index is -0.809. The number of aliphatic hydroxyl groups excluding tert-OH is 1. The Balaban J connectivity index is 1.26. The van der Waals surface area contributed by atoms with Crippen molar-refractivity contribution in [3.05, 3.63) is 101 Å². The van der Waals surface area contributed by atoms with Crippen LogP contribution in [0.15, 0.2) is 78.9 Å². The Bertz CT molecular complexity index is 1560. The van der Waals surface area contributed by atoms with E-state index in [-0.39, 0.29) is 35.5 Å². The predicted octanol–water partition coefficient (Wildman–Crippen LogP) is 6.70. The first-order valence-corrected chi connectivity index (χ1v) is 16.7. The number of halogens is 1. The summed E-state index contributed by atoms with van der Waals surface area (Å²) in [6.45, 7) is 2.52. The number of aromatic hydroxyl groups is 1. The van der Waals surface area contributed by atoms with Gasteiger partial charge in [-0.1, -0.05) is 55.0 Å². The lowest BCUT2D eigenvalue weighted by Gasteiger charge is -2.33. The van der Waals surface area contributed by atoms with Crippen molar-refractivity contribution in [3.63, 3.8) is 0 Å². The molecule has 250 valence electrons. The number of aryl methyl sites for hydroxylation is 2. The summed E-state index contributed by atoms with van der Waals surface area (Å²) in [5.41, 5.74) is 3.48. The summed E-state index contributed by atoms with van der Waals surface area (Å²) in [5, 5.41) is 35.3. The molecule has 10 heteroatoms. The van der Waals surface area contributed by atoms with Gasteiger partial charge in [-0.05, 0) is 93.5 Å². The van der Waals surface area contributed by atoms with Gasteiger partial charge in [-0.15, -0.1) is 0 Å². The summed E-state index contributed by atoms with van der Waals surface area (Å²) >= 11 is 0. The molecule has 0 bridgehead atoms. The topological polar surface area (TPSA) is 129 Å². The number of aliphatic carboxylic acids is 1. The molecule has 1 saturated heterocycles. The fourth-order valence-corrected chi connectivity index (χ4v) is 6.73. The van der Waals surface area contributed by atoms with Crippen LogP contribution in [-0.4, -0.2) is 52.9 Å². The third-order valence-electron chi connectivity index (χ3n) is 9.55. The zero-order valence-electron chi connectivity index (χ0n) is 26.9. The molecule has 47 heavy (non-hydrogen) atoms. The summed E-state index contributed by atoms with van der Waals surface area (Å²) in [7, 11) is 0. The highest BCUT2D eigenvalue weighted by Gasteiger charge is 2.43. The molecular formula is C37H45FN4O5. The molecule has 5 unspecified atom stereocenters. The van der Waals surface area contributed by atoms with Crippen LogP contribution in [0.3, 0.4) is 0 Å². The Kier molecular flexibility index (Phi) is 11.6. The van der Waals surface area contributed by atoms with Crippen LogP contribution in [0.2, 0.25) is 0 Å². The number of carbonyl (C=O) groups is 2. The van der Waals surface area contributed by atoms with Gasteiger partial charge in [0.15, 0.2) is 0 Å². The predicted molar refractivity (Wildman–Crippen MR) is 176 cm³/mol. The van der Waals surface area contributed by atoms with Crippen LogP contribution in [0.1, 0.15) is 93.5 Å². The Morgan fingerprint density at radius 1 is 1.09 bits per heavy atom. The van der Waals surface area contributed by atoms with E-state index >= 15 is 0 Å². The summed E-state index contributed by atoms with van der Waals surface area (Å²) in [6.07, 6.45) is 15.7. The van der Waals surface area contributed by atoms with Crippen molar-refractivity contribution >= 4 is 11.9 Å². The highest BCUT2D eigenvalue weighted by Crippen LogP contribution is 2.45. The second-order valence-corrected chi connectivity index (χ2v) is 12.9. The van der Waals surface area contributed by atoms with E-state index in [2.05, 4.69) is 28.3 Å². The number of carbonyl (C=O) groups excluding carboxylic acids is 1. The number of hydrogen-bond acceptors (Lipinski definition) is 6. The summed E-state index contributed by atoms with van der Waals surface area (Å²) in [5.74, 6) is -1.79. The van der Waals surface area contributed by atoms with E-state index in [4.69, 9.17) is 0 Å². The van der Waals surface area contributed by atoms with Crippen molar-refractivity contribution < 1.29 is 29.3 Å². The smallest absolute Gasteiger partial charge is 0.306 e. The lowest BCUT2D eigenvalue weighted by molar-refractivity contribution is -0.141. The molecule has 2 aromatic carbocycles. The Morgan fingerprint density at radius 3 is 2.57 bits per heavy atom. The van der Waals surface area contributed by atoms with Crippen molar-refractivity contribution in [3.8, 4) is 5.75 Å². The van der Waals surface area contributed by atoms with Crippen LogP contribution in [0.25, 0.3) is 0 Å². The number of allylic oxidation sites excluding steroid dienone is 2. The maximum absolute atomic E-state index is 14.0. The molecule has 2 aliphatic rings. The fraction of sp³-hybridized carbons (Fsp3) is 0.459. The monoisotopic (exact) mass is 644 g/mol. The van der Waals surface area contributed by atoms with Gasteiger partial charge in [-0.25, -0.2) is 9.37 Å². The molecule has 1 aliphatic heterocycles.